The molecule has 2 aromatic rings. The van der Waals surface area contributed by atoms with Crippen LogP contribution in [0.5, 0.6) is 0 Å². The van der Waals surface area contributed by atoms with Gasteiger partial charge in [0.1, 0.15) is 22.3 Å². The van der Waals surface area contributed by atoms with Gasteiger partial charge in [0.15, 0.2) is 0 Å². The number of rotatable bonds is 4. The second-order valence-electron chi connectivity index (χ2n) is 6.34. The van der Waals surface area contributed by atoms with Crippen molar-refractivity contribution in [2.75, 3.05) is 26.2 Å². The van der Waals surface area contributed by atoms with Crippen LogP contribution >= 0.6 is 0 Å². The van der Waals surface area contributed by atoms with Crippen molar-refractivity contribution in [3.63, 3.8) is 0 Å². The molecule has 1 fully saturated rings. The summed E-state index contributed by atoms with van der Waals surface area (Å²) in [4.78, 5) is 13.3. The predicted molar refractivity (Wildman–Crippen MR) is 91.4 cm³/mol. The maximum Gasteiger partial charge on any atom is 0.246 e. The fraction of sp³-hybridized carbons (Fsp3) is 0.412. The monoisotopic (exact) mass is 399 g/mol. The summed E-state index contributed by atoms with van der Waals surface area (Å²) < 4.78 is 58.5. The van der Waals surface area contributed by atoms with E-state index in [1.54, 1.807) is 18.7 Å². The molecule has 3 rings (SSSR count). The van der Waals surface area contributed by atoms with Crippen molar-refractivity contribution in [3.05, 3.63) is 46.9 Å². The third-order valence-corrected chi connectivity index (χ3v) is 6.53. The first kappa shape index (κ1) is 19.4. The zero-order chi connectivity index (χ0) is 19.8. The molecule has 2 heterocycles. The van der Waals surface area contributed by atoms with E-state index >= 15 is 0 Å². The molecule has 1 amide bonds. The quantitative estimate of drug-likeness (QED) is 0.781. The molecule has 0 spiro atoms. The molecule has 7 nitrogen and oxygen atoms in total. The van der Waals surface area contributed by atoms with Crippen LogP contribution in [0.4, 0.5) is 8.78 Å². The van der Waals surface area contributed by atoms with Crippen LogP contribution in [0.15, 0.2) is 27.6 Å². The van der Waals surface area contributed by atoms with Gasteiger partial charge in [-0.25, -0.2) is 17.2 Å². The van der Waals surface area contributed by atoms with Gasteiger partial charge >= 0.3 is 0 Å². The first-order chi connectivity index (χ1) is 12.7. The highest BCUT2D eigenvalue weighted by molar-refractivity contribution is 7.89. The summed E-state index contributed by atoms with van der Waals surface area (Å²) in [5.41, 5.74) is 1.36. The van der Waals surface area contributed by atoms with Crippen molar-refractivity contribution in [3.8, 4) is 0 Å². The third-order valence-electron chi connectivity index (χ3n) is 4.61. The lowest BCUT2D eigenvalue weighted by Crippen LogP contribution is -2.51. The average molecular weight is 399 g/mol. The lowest BCUT2D eigenvalue weighted by molar-refractivity contribution is -0.131. The van der Waals surface area contributed by atoms with E-state index in [-0.39, 0.29) is 38.5 Å². The Kier molecular flexibility index (Phi) is 5.29. The molecular formula is C17H19F2N3O4S. The first-order valence-corrected chi connectivity index (χ1v) is 9.79. The minimum absolute atomic E-state index is 0.00558. The fourth-order valence-corrected chi connectivity index (χ4v) is 4.51. The highest BCUT2D eigenvalue weighted by atomic mass is 32.2. The van der Waals surface area contributed by atoms with Gasteiger partial charge in [-0.2, -0.15) is 4.31 Å². The number of benzene rings is 1. The first-order valence-electron chi connectivity index (χ1n) is 8.35. The highest BCUT2D eigenvalue weighted by Crippen LogP contribution is 2.22. The lowest BCUT2D eigenvalue weighted by atomic mass is 10.1. The van der Waals surface area contributed by atoms with Gasteiger partial charge in [0.05, 0.1) is 12.1 Å². The molecule has 0 aliphatic carbocycles. The van der Waals surface area contributed by atoms with E-state index in [4.69, 9.17) is 4.52 Å². The standard InChI is InChI=1S/C17H19F2N3O4S/c1-11-14(12(2)26-20-11)10-17(23)21-5-7-22(8-6-21)27(24,25)16-9-13(18)3-4-15(16)19/h3-4,9H,5-8,10H2,1-2H3. The maximum atomic E-state index is 13.9. The van der Waals surface area contributed by atoms with Gasteiger partial charge in [-0.3, -0.25) is 4.79 Å². The van der Waals surface area contributed by atoms with Gasteiger partial charge in [-0.05, 0) is 32.0 Å². The molecule has 1 saturated heterocycles. The fourth-order valence-electron chi connectivity index (χ4n) is 3.01. The Bertz CT molecular complexity index is 947. The van der Waals surface area contributed by atoms with Gasteiger partial charge in [0.2, 0.25) is 15.9 Å². The number of halogens is 2. The minimum atomic E-state index is -4.17. The summed E-state index contributed by atoms with van der Waals surface area (Å²) >= 11 is 0. The molecule has 0 saturated carbocycles. The van der Waals surface area contributed by atoms with Crippen LogP contribution in [-0.2, 0) is 21.2 Å². The molecule has 146 valence electrons. The van der Waals surface area contributed by atoms with E-state index < -0.39 is 26.6 Å². The summed E-state index contributed by atoms with van der Waals surface area (Å²) in [7, 11) is -4.17. The van der Waals surface area contributed by atoms with Crippen LogP contribution in [0.1, 0.15) is 17.0 Å². The molecule has 0 atom stereocenters. The molecule has 1 aliphatic rings. The van der Waals surface area contributed by atoms with Crippen LogP contribution in [0.25, 0.3) is 0 Å². The number of amides is 1. The van der Waals surface area contributed by atoms with E-state index in [9.17, 15) is 22.0 Å². The Labute approximate surface area is 155 Å². The van der Waals surface area contributed by atoms with Gasteiger partial charge in [0.25, 0.3) is 0 Å². The summed E-state index contributed by atoms with van der Waals surface area (Å²) in [6.45, 7) is 3.81. The SMILES string of the molecule is Cc1noc(C)c1CC(=O)N1CCN(S(=O)(=O)c2cc(F)ccc2F)CC1. The number of nitrogens with zero attached hydrogens (tertiary/aromatic N) is 3. The average Bonchev–Trinajstić information content (AvgIpc) is 2.95. The maximum absolute atomic E-state index is 13.9. The van der Waals surface area contributed by atoms with Crippen molar-refractivity contribution >= 4 is 15.9 Å². The number of carbonyl (C=O) groups is 1. The number of aromatic nitrogens is 1. The van der Waals surface area contributed by atoms with E-state index in [0.717, 1.165) is 22.0 Å². The summed E-state index contributed by atoms with van der Waals surface area (Å²) in [5.74, 6) is -1.43. The molecule has 0 N–H and O–H groups in total. The topological polar surface area (TPSA) is 83.7 Å². The Balaban J connectivity index is 1.68. The Morgan fingerprint density at radius 1 is 1.19 bits per heavy atom. The number of piperazine rings is 1. The van der Waals surface area contributed by atoms with Gasteiger partial charge in [0, 0.05) is 31.7 Å². The van der Waals surface area contributed by atoms with E-state index in [1.807, 2.05) is 0 Å². The highest BCUT2D eigenvalue weighted by Gasteiger charge is 2.32. The summed E-state index contributed by atoms with van der Waals surface area (Å²) in [6.07, 6.45) is 0.118. The van der Waals surface area contributed by atoms with Gasteiger partial charge in [-0.1, -0.05) is 5.16 Å². The number of hydrogen-bond acceptors (Lipinski definition) is 5. The summed E-state index contributed by atoms with van der Waals surface area (Å²) in [5, 5.41) is 3.81. The van der Waals surface area contributed by atoms with Crippen molar-refractivity contribution in [1.29, 1.82) is 0 Å². The number of sulfonamides is 1. The van der Waals surface area contributed by atoms with Crippen LogP contribution in [0.3, 0.4) is 0 Å². The van der Waals surface area contributed by atoms with E-state index in [0.29, 0.717) is 17.5 Å². The minimum Gasteiger partial charge on any atom is -0.361 e. The smallest absolute Gasteiger partial charge is 0.246 e. The Morgan fingerprint density at radius 3 is 2.44 bits per heavy atom. The second-order valence-corrected chi connectivity index (χ2v) is 8.25. The molecule has 1 aliphatic heterocycles. The van der Waals surface area contributed by atoms with E-state index in [2.05, 4.69) is 5.16 Å². The Morgan fingerprint density at radius 2 is 1.85 bits per heavy atom. The molecule has 0 radical (unpaired) electrons. The second kappa shape index (κ2) is 7.35. The van der Waals surface area contributed by atoms with Crippen LogP contribution in [0.2, 0.25) is 0 Å². The van der Waals surface area contributed by atoms with Gasteiger partial charge < -0.3 is 9.42 Å². The summed E-state index contributed by atoms with van der Waals surface area (Å²) in [6, 6.07) is 2.31. The number of aryl methyl sites for hydroxylation is 2. The van der Waals surface area contributed by atoms with Crippen molar-refractivity contribution in [2.45, 2.75) is 25.2 Å². The lowest BCUT2D eigenvalue weighted by Gasteiger charge is -2.34. The van der Waals surface area contributed by atoms with Crippen molar-refractivity contribution in [1.82, 2.24) is 14.4 Å². The number of carbonyl (C=O) groups excluding carboxylic acids is 1. The molecule has 27 heavy (non-hydrogen) atoms. The normalized spacial score (nSPS) is 15.9. The molecule has 10 heteroatoms. The number of hydrogen-bond donors (Lipinski definition) is 0. The van der Waals surface area contributed by atoms with Gasteiger partial charge in [-0.15, -0.1) is 0 Å². The van der Waals surface area contributed by atoms with Crippen molar-refractivity contribution < 1.29 is 26.5 Å². The molecule has 1 aromatic heterocycles. The molecular weight excluding hydrogens is 380 g/mol. The van der Waals surface area contributed by atoms with Crippen LogP contribution < -0.4 is 0 Å². The zero-order valence-electron chi connectivity index (χ0n) is 14.9. The zero-order valence-corrected chi connectivity index (χ0v) is 15.7. The van der Waals surface area contributed by atoms with Crippen LogP contribution in [-0.4, -0.2) is 54.9 Å². The third kappa shape index (κ3) is 3.86. The largest absolute Gasteiger partial charge is 0.361 e. The molecule has 1 aromatic carbocycles. The van der Waals surface area contributed by atoms with E-state index in [1.165, 1.54) is 0 Å². The van der Waals surface area contributed by atoms with Crippen LogP contribution in [0, 0.1) is 25.5 Å². The molecule has 0 unspecified atom stereocenters. The Hall–Kier alpha value is -2.33. The molecule has 0 bridgehead atoms. The predicted octanol–water partition coefficient (Wildman–Crippen LogP) is 1.65. The van der Waals surface area contributed by atoms with Crippen molar-refractivity contribution in [2.24, 2.45) is 0 Å².